The molecule has 1 aliphatic heterocycles. The molecule has 3 rings (SSSR count). The Morgan fingerprint density at radius 1 is 0.855 bits per heavy atom. The predicted octanol–water partition coefficient (Wildman–Crippen LogP) is 2.20. The van der Waals surface area contributed by atoms with Gasteiger partial charge < -0.3 is 45.5 Å². The average molecular weight is 786 g/mol. The number of primary amides is 1. The number of thiol groups is 1. The van der Waals surface area contributed by atoms with Crippen molar-refractivity contribution in [3.05, 3.63) is 59.7 Å². The number of nitrogens with one attached hydrogen (secondary N) is 3. The number of hydrogen-bond donors (Lipinski definition) is 5. The first kappa shape index (κ1) is 44.1. The molecule has 1 saturated heterocycles. The molecule has 2 aromatic carbocycles. The van der Waals surface area contributed by atoms with E-state index in [2.05, 4.69) is 28.6 Å². The van der Waals surface area contributed by atoms with Crippen LogP contribution in [0.3, 0.4) is 0 Å². The lowest BCUT2D eigenvalue weighted by Gasteiger charge is -2.29. The summed E-state index contributed by atoms with van der Waals surface area (Å²) in [5.41, 5.74) is 6.75. The summed E-state index contributed by atoms with van der Waals surface area (Å²) in [6.07, 6.45) is -1.00. The van der Waals surface area contributed by atoms with Gasteiger partial charge in [0.1, 0.15) is 29.6 Å². The highest BCUT2D eigenvalue weighted by Crippen LogP contribution is 2.20. The fourth-order valence-electron chi connectivity index (χ4n) is 5.65. The van der Waals surface area contributed by atoms with Gasteiger partial charge in [0, 0.05) is 45.0 Å². The fraction of sp³-hybridized carbons (Fsp3) is 0.500. The lowest BCUT2D eigenvalue weighted by atomic mass is 9.97. The summed E-state index contributed by atoms with van der Waals surface area (Å²) >= 11 is 4.06. The van der Waals surface area contributed by atoms with Gasteiger partial charge in [0.05, 0.1) is 0 Å². The molecule has 1 heterocycles. The zero-order valence-corrected chi connectivity index (χ0v) is 32.6. The molecule has 17 heteroatoms. The molecule has 1 fully saturated rings. The Hall–Kier alpha value is -5.32. The Bertz CT molecular complexity index is 1660. The van der Waals surface area contributed by atoms with Crippen molar-refractivity contribution in [3.63, 3.8) is 0 Å². The normalized spacial score (nSPS) is 15.1. The van der Waals surface area contributed by atoms with Gasteiger partial charge in [-0.05, 0) is 61.4 Å². The molecule has 0 bridgehead atoms. The molecule has 0 radical (unpaired) electrons. The fourth-order valence-corrected chi connectivity index (χ4v) is 5.89. The van der Waals surface area contributed by atoms with E-state index in [9.17, 15) is 33.6 Å². The number of nitrogens with zero attached hydrogens (tertiary/aromatic N) is 1. The standard InChI is InChI=1S/C38H51N5O11S/c1-22(2)18-29(41-33(45)20-51-32-9-7-6-8-23(32)3)35(47)42-30(36(48)52-25(5)53-37(49)31(21-55)40-24(4)44)19-26-10-12-28(13-11-26)54-38(50)43-16-14-27(15-17-43)34(39)46/h6-13,22,25,27,29-31,55H,14-21H2,1-5H3,(H2,39,46)(H,40,44)(H,41,45)(H,42,47)/t25?,29-,30-,31-/m0/s1. The quantitative estimate of drug-likeness (QED) is 0.0838. The number of para-hydroxylation sites is 1. The van der Waals surface area contributed by atoms with Crippen molar-refractivity contribution in [1.82, 2.24) is 20.9 Å². The molecule has 2 aromatic rings. The lowest BCUT2D eigenvalue weighted by molar-refractivity contribution is -0.187. The number of piperidine rings is 1. The topological polar surface area (TPSA) is 222 Å². The van der Waals surface area contributed by atoms with Crippen molar-refractivity contribution in [2.75, 3.05) is 25.4 Å². The van der Waals surface area contributed by atoms with Crippen LogP contribution in [-0.4, -0.2) is 96.4 Å². The van der Waals surface area contributed by atoms with Crippen molar-refractivity contribution >= 4 is 54.3 Å². The minimum absolute atomic E-state index is 0.0358. The number of nitrogens with two attached hydrogens (primary N) is 1. The number of likely N-dealkylation sites (tertiary alicyclic amines) is 1. The van der Waals surface area contributed by atoms with E-state index in [0.717, 1.165) is 5.56 Å². The molecule has 0 saturated carbocycles. The number of hydrogen-bond acceptors (Lipinski definition) is 12. The van der Waals surface area contributed by atoms with Gasteiger partial charge in [0.25, 0.3) is 5.91 Å². The smallest absolute Gasteiger partial charge is 0.415 e. The van der Waals surface area contributed by atoms with Gasteiger partial charge in [-0.2, -0.15) is 12.6 Å². The third-order valence-electron chi connectivity index (χ3n) is 8.54. The lowest BCUT2D eigenvalue weighted by Crippen LogP contribution is -2.54. The Morgan fingerprint density at radius 2 is 1.47 bits per heavy atom. The van der Waals surface area contributed by atoms with Gasteiger partial charge in [-0.3, -0.25) is 19.2 Å². The number of amides is 5. The highest BCUT2D eigenvalue weighted by Gasteiger charge is 2.31. The summed E-state index contributed by atoms with van der Waals surface area (Å²) in [4.78, 5) is 90.0. The van der Waals surface area contributed by atoms with Gasteiger partial charge in [-0.15, -0.1) is 0 Å². The molecule has 1 unspecified atom stereocenters. The van der Waals surface area contributed by atoms with E-state index in [0.29, 0.717) is 37.2 Å². The summed E-state index contributed by atoms with van der Waals surface area (Å²) in [5.74, 6) is -3.61. The second-order valence-corrected chi connectivity index (χ2v) is 14.0. The molecule has 5 N–H and O–H groups in total. The van der Waals surface area contributed by atoms with Gasteiger partial charge in [0.15, 0.2) is 6.61 Å². The molecule has 300 valence electrons. The van der Waals surface area contributed by atoms with E-state index in [4.69, 9.17) is 24.7 Å². The highest BCUT2D eigenvalue weighted by atomic mass is 32.1. The monoisotopic (exact) mass is 785 g/mol. The largest absolute Gasteiger partial charge is 0.484 e. The van der Waals surface area contributed by atoms with E-state index in [1.165, 1.54) is 30.9 Å². The minimum atomic E-state index is -1.42. The molecule has 0 aromatic heterocycles. The molecule has 5 amide bonds. The van der Waals surface area contributed by atoms with Gasteiger partial charge >= 0.3 is 18.0 Å². The van der Waals surface area contributed by atoms with Crippen molar-refractivity contribution in [3.8, 4) is 11.5 Å². The number of carbonyl (C=O) groups excluding carboxylic acids is 7. The number of ether oxygens (including phenoxy) is 4. The molecule has 4 atom stereocenters. The van der Waals surface area contributed by atoms with Crippen LogP contribution in [0.15, 0.2) is 48.5 Å². The Balaban J connectivity index is 1.74. The second kappa shape index (κ2) is 21.5. The summed E-state index contributed by atoms with van der Waals surface area (Å²) in [6.45, 7) is 8.39. The molecule has 55 heavy (non-hydrogen) atoms. The zero-order chi connectivity index (χ0) is 40.7. The SMILES string of the molecule is CC(=O)N[C@@H](CS)C(=O)OC(C)OC(=O)[C@H](Cc1ccc(OC(=O)N2CCC(C(N)=O)CC2)cc1)NC(=O)[C@H](CC(C)C)NC(=O)COc1ccccc1C. The van der Waals surface area contributed by atoms with Crippen molar-refractivity contribution < 1.29 is 52.5 Å². The van der Waals surface area contributed by atoms with Crippen molar-refractivity contribution in [1.29, 1.82) is 0 Å². The highest BCUT2D eigenvalue weighted by molar-refractivity contribution is 7.80. The van der Waals surface area contributed by atoms with E-state index in [-0.39, 0.29) is 42.8 Å². The number of carbonyl (C=O) groups is 7. The molecule has 1 aliphatic rings. The van der Waals surface area contributed by atoms with Gasteiger partial charge in [0.2, 0.25) is 24.0 Å². The van der Waals surface area contributed by atoms with E-state index in [1.54, 1.807) is 24.3 Å². The maximum Gasteiger partial charge on any atom is 0.415 e. The first-order valence-electron chi connectivity index (χ1n) is 18.0. The third kappa shape index (κ3) is 14.8. The summed E-state index contributed by atoms with van der Waals surface area (Å²) in [6, 6.07) is 9.93. The molecule has 0 spiro atoms. The maximum atomic E-state index is 13.7. The predicted molar refractivity (Wildman–Crippen MR) is 203 cm³/mol. The summed E-state index contributed by atoms with van der Waals surface area (Å²) < 4.78 is 21.8. The number of aryl methyl sites for hydroxylation is 1. The minimum Gasteiger partial charge on any atom is -0.484 e. The Morgan fingerprint density at radius 3 is 2.04 bits per heavy atom. The maximum absolute atomic E-state index is 13.7. The van der Waals surface area contributed by atoms with Crippen molar-refractivity contribution in [2.24, 2.45) is 17.6 Å². The van der Waals surface area contributed by atoms with E-state index < -0.39 is 66.1 Å². The first-order valence-corrected chi connectivity index (χ1v) is 18.6. The van der Waals surface area contributed by atoms with Crippen LogP contribution in [-0.2, 0) is 44.7 Å². The second-order valence-electron chi connectivity index (χ2n) is 13.6. The first-order chi connectivity index (χ1) is 26.1. The van der Waals surface area contributed by atoms with E-state index >= 15 is 0 Å². The van der Waals surface area contributed by atoms with Crippen LogP contribution in [0.25, 0.3) is 0 Å². The third-order valence-corrected chi connectivity index (χ3v) is 8.91. The van der Waals surface area contributed by atoms with Crippen LogP contribution >= 0.6 is 12.6 Å². The van der Waals surface area contributed by atoms with Crippen LogP contribution in [0, 0.1) is 18.8 Å². The Labute approximate surface area is 325 Å². The molecule has 16 nitrogen and oxygen atoms in total. The van der Waals surface area contributed by atoms with Gasteiger partial charge in [-0.1, -0.05) is 44.2 Å². The number of benzene rings is 2. The average Bonchev–Trinajstić information content (AvgIpc) is 3.13. The Kier molecular flexibility index (Phi) is 17.3. The van der Waals surface area contributed by atoms with Gasteiger partial charge in [-0.25, -0.2) is 14.4 Å². The number of rotatable bonds is 18. The molecular weight excluding hydrogens is 735 g/mol. The van der Waals surface area contributed by atoms with Crippen LogP contribution in [0.2, 0.25) is 0 Å². The van der Waals surface area contributed by atoms with Crippen LogP contribution in [0.1, 0.15) is 58.1 Å². The molecule has 0 aliphatic carbocycles. The number of esters is 2. The molecular formula is C38H51N5O11S. The summed E-state index contributed by atoms with van der Waals surface area (Å²) in [7, 11) is 0. The van der Waals surface area contributed by atoms with Crippen LogP contribution in [0.5, 0.6) is 11.5 Å². The van der Waals surface area contributed by atoms with E-state index in [1.807, 2.05) is 32.9 Å². The van der Waals surface area contributed by atoms with Crippen LogP contribution < -0.4 is 31.2 Å². The zero-order valence-electron chi connectivity index (χ0n) is 31.7. The summed E-state index contributed by atoms with van der Waals surface area (Å²) in [5, 5.41) is 7.76. The van der Waals surface area contributed by atoms with Crippen LogP contribution in [0.4, 0.5) is 4.79 Å². The van der Waals surface area contributed by atoms with Crippen molar-refractivity contribution in [2.45, 2.75) is 84.7 Å².